The number of rotatable bonds is 7. The number of nitrogens with one attached hydrogen (secondary N) is 1. The maximum absolute atomic E-state index is 13.0. The molecule has 6 nitrogen and oxygen atoms in total. The summed E-state index contributed by atoms with van der Waals surface area (Å²) in [5.41, 5.74) is 6.35. The normalized spacial score (nSPS) is 18.5. The molecule has 1 heterocycles. The minimum atomic E-state index is -0.240. The molecular weight excluding hydrogens is 318 g/mol. The maximum atomic E-state index is 13.0. The molecule has 1 aromatic carbocycles. The fourth-order valence-corrected chi connectivity index (χ4v) is 3.26. The zero-order chi connectivity index (χ0) is 18.2. The molecule has 3 N–H and O–H groups in total. The molecule has 1 aliphatic rings. The average Bonchev–Trinajstić information content (AvgIpc) is 2.65. The number of methoxy groups -OCH3 is 1. The van der Waals surface area contributed by atoms with E-state index in [0.717, 1.165) is 37.1 Å². The number of carbonyl (C=O) groups is 2. The Morgan fingerprint density at radius 3 is 2.92 bits per heavy atom. The second kappa shape index (κ2) is 9.42. The minimum absolute atomic E-state index is 0.0519. The summed E-state index contributed by atoms with van der Waals surface area (Å²) in [5, 5.41) is 2.90. The van der Waals surface area contributed by atoms with Crippen molar-refractivity contribution in [2.75, 3.05) is 26.7 Å². The predicted octanol–water partition coefficient (Wildman–Crippen LogP) is 1.64. The molecule has 1 aromatic rings. The van der Waals surface area contributed by atoms with Crippen LogP contribution in [0.25, 0.3) is 0 Å². The van der Waals surface area contributed by atoms with E-state index in [-0.39, 0.29) is 23.8 Å². The van der Waals surface area contributed by atoms with Gasteiger partial charge in [0.15, 0.2) is 0 Å². The largest absolute Gasteiger partial charge is 0.497 e. The number of ether oxygens (including phenoxy) is 1. The van der Waals surface area contributed by atoms with Crippen molar-refractivity contribution >= 4 is 11.8 Å². The highest BCUT2D eigenvalue weighted by Crippen LogP contribution is 2.26. The van der Waals surface area contributed by atoms with E-state index in [9.17, 15) is 9.59 Å². The Hall–Kier alpha value is -2.08. The number of nitrogens with zero attached hydrogens (tertiary/aromatic N) is 1. The molecule has 2 atom stereocenters. The fourth-order valence-electron chi connectivity index (χ4n) is 3.26. The summed E-state index contributed by atoms with van der Waals surface area (Å²) >= 11 is 0. The molecule has 25 heavy (non-hydrogen) atoms. The van der Waals surface area contributed by atoms with Crippen LogP contribution in [0.1, 0.15) is 44.1 Å². The first-order chi connectivity index (χ1) is 12.1. The van der Waals surface area contributed by atoms with E-state index < -0.39 is 0 Å². The van der Waals surface area contributed by atoms with E-state index in [4.69, 9.17) is 10.5 Å². The molecule has 138 valence electrons. The second-order valence-electron chi connectivity index (χ2n) is 6.52. The second-order valence-corrected chi connectivity index (χ2v) is 6.52. The summed E-state index contributed by atoms with van der Waals surface area (Å²) in [6.07, 6.45) is 3.32. The molecule has 0 saturated carbocycles. The molecule has 2 unspecified atom stereocenters. The molecule has 1 aliphatic heterocycles. The van der Waals surface area contributed by atoms with Crippen LogP contribution in [0.15, 0.2) is 24.3 Å². The Morgan fingerprint density at radius 1 is 1.40 bits per heavy atom. The van der Waals surface area contributed by atoms with Crippen LogP contribution >= 0.6 is 0 Å². The quantitative estimate of drug-likeness (QED) is 0.785. The highest BCUT2D eigenvalue weighted by molar-refractivity contribution is 5.84. The van der Waals surface area contributed by atoms with E-state index in [1.165, 1.54) is 0 Å². The van der Waals surface area contributed by atoms with Gasteiger partial charge in [0.1, 0.15) is 5.75 Å². The van der Waals surface area contributed by atoms with Crippen LogP contribution in [0.2, 0.25) is 0 Å². The maximum Gasteiger partial charge on any atom is 0.230 e. The molecule has 2 rings (SSSR count). The van der Waals surface area contributed by atoms with Crippen molar-refractivity contribution in [1.29, 1.82) is 0 Å². The summed E-state index contributed by atoms with van der Waals surface area (Å²) < 4.78 is 5.26. The Bertz CT molecular complexity index is 591. The number of hydrogen-bond acceptors (Lipinski definition) is 4. The van der Waals surface area contributed by atoms with Crippen LogP contribution in [0, 0.1) is 0 Å². The SMILES string of the molecule is COc1cccc(C(C)C(=O)N2CCCCC2CNC(=O)CCN)c1. The molecule has 0 bridgehead atoms. The third kappa shape index (κ3) is 5.19. The molecule has 0 spiro atoms. The molecule has 0 radical (unpaired) electrons. The number of likely N-dealkylation sites (tertiary alicyclic amines) is 1. The van der Waals surface area contributed by atoms with E-state index in [0.29, 0.717) is 19.5 Å². The first-order valence-electron chi connectivity index (χ1n) is 8.98. The van der Waals surface area contributed by atoms with Crippen LogP contribution in [-0.2, 0) is 9.59 Å². The van der Waals surface area contributed by atoms with Gasteiger partial charge in [0.25, 0.3) is 0 Å². The standard InChI is InChI=1S/C19H29N3O3/c1-14(15-6-5-8-17(12-15)25-2)19(24)22-11-4-3-7-16(22)13-21-18(23)9-10-20/h5-6,8,12,14,16H,3-4,7,9-11,13,20H2,1-2H3,(H,21,23). The number of amides is 2. The van der Waals surface area contributed by atoms with E-state index in [1.54, 1.807) is 7.11 Å². The summed E-state index contributed by atoms with van der Waals surface area (Å²) in [6.45, 7) is 3.50. The van der Waals surface area contributed by atoms with Gasteiger partial charge in [-0.2, -0.15) is 0 Å². The van der Waals surface area contributed by atoms with Gasteiger partial charge in [-0.3, -0.25) is 9.59 Å². The average molecular weight is 347 g/mol. The van der Waals surface area contributed by atoms with Crippen molar-refractivity contribution in [2.24, 2.45) is 5.73 Å². The van der Waals surface area contributed by atoms with Gasteiger partial charge in [-0.25, -0.2) is 0 Å². The van der Waals surface area contributed by atoms with Gasteiger partial charge in [-0.1, -0.05) is 12.1 Å². The van der Waals surface area contributed by atoms with Gasteiger partial charge < -0.3 is 20.7 Å². The fraction of sp³-hybridized carbons (Fsp3) is 0.579. The van der Waals surface area contributed by atoms with Crippen molar-refractivity contribution < 1.29 is 14.3 Å². The molecule has 6 heteroatoms. The van der Waals surface area contributed by atoms with Crippen molar-refractivity contribution in [1.82, 2.24) is 10.2 Å². The predicted molar refractivity (Wildman–Crippen MR) is 97.4 cm³/mol. The Morgan fingerprint density at radius 2 is 2.20 bits per heavy atom. The molecule has 0 aliphatic carbocycles. The lowest BCUT2D eigenvalue weighted by atomic mass is 9.95. The summed E-state index contributed by atoms with van der Waals surface area (Å²) in [4.78, 5) is 26.6. The zero-order valence-electron chi connectivity index (χ0n) is 15.2. The third-order valence-corrected chi connectivity index (χ3v) is 4.78. The number of piperidine rings is 1. The topological polar surface area (TPSA) is 84.7 Å². The van der Waals surface area contributed by atoms with Gasteiger partial charge in [0, 0.05) is 32.1 Å². The lowest BCUT2D eigenvalue weighted by Crippen LogP contribution is -2.50. The first-order valence-corrected chi connectivity index (χ1v) is 8.98. The van der Waals surface area contributed by atoms with E-state index in [2.05, 4.69) is 5.32 Å². The Kier molecular flexibility index (Phi) is 7.25. The number of carbonyl (C=O) groups excluding carboxylic acids is 2. The molecule has 2 amide bonds. The van der Waals surface area contributed by atoms with Gasteiger partial charge in [0.05, 0.1) is 13.0 Å². The smallest absolute Gasteiger partial charge is 0.230 e. The van der Waals surface area contributed by atoms with Crippen LogP contribution in [0.5, 0.6) is 5.75 Å². The van der Waals surface area contributed by atoms with Crippen LogP contribution < -0.4 is 15.8 Å². The minimum Gasteiger partial charge on any atom is -0.497 e. The van der Waals surface area contributed by atoms with Crippen molar-refractivity contribution in [3.63, 3.8) is 0 Å². The molecule has 1 fully saturated rings. The monoisotopic (exact) mass is 347 g/mol. The third-order valence-electron chi connectivity index (χ3n) is 4.78. The number of benzene rings is 1. The molecule has 1 saturated heterocycles. The van der Waals surface area contributed by atoms with E-state index >= 15 is 0 Å². The highest BCUT2D eigenvalue weighted by Gasteiger charge is 2.30. The lowest BCUT2D eigenvalue weighted by Gasteiger charge is -2.37. The lowest BCUT2D eigenvalue weighted by molar-refractivity contribution is -0.136. The van der Waals surface area contributed by atoms with Crippen molar-refractivity contribution in [3.05, 3.63) is 29.8 Å². The van der Waals surface area contributed by atoms with Crippen LogP contribution in [0.4, 0.5) is 0 Å². The van der Waals surface area contributed by atoms with Crippen LogP contribution in [0.3, 0.4) is 0 Å². The first kappa shape index (κ1) is 19.2. The Labute approximate surface area is 149 Å². The number of hydrogen-bond donors (Lipinski definition) is 2. The molecular formula is C19H29N3O3. The van der Waals surface area contributed by atoms with E-state index in [1.807, 2.05) is 36.1 Å². The molecule has 0 aromatic heterocycles. The van der Waals surface area contributed by atoms with Crippen molar-refractivity contribution in [3.8, 4) is 5.75 Å². The van der Waals surface area contributed by atoms with Gasteiger partial charge in [0.2, 0.25) is 11.8 Å². The van der Waals surface area contributed by atoms with Crippen LogP contribution in [-0.4, -0.2) is 49.5 Å². The Balaban J connectivity index is 2.04. The van der Waals surface area contributed by atoms with Gasteiger partial charge >= 0.3 is 0 Å². The van der Waals surface area contributed by atoms with Gasteiger partial charge in [-0.15, -0.1) is 0 Å². The van der Waals surface area contributed by atoms with Crippen molar-refractivity contribution in [2.45, 2.75) is 44.6 Å². The summed E-state index contributed by atoms with van der Waals surface area (Å²) in [6, 6.07) is 7.68. The highest BCUT2D eigenvalue weighted by atomic mass is 16.5. The summed E-state index contributed by atoms with van der Waals surface area (Å²) in [7, 11) is 1.62. The number of nitrogens with two attached hydrogens (primary N) is 1. The summed E-state index contributed by atoms with van der Waals surface area (Å²) in [5.74, 6) is 0.559. The van der Waals surface area contributed by atoms with Gasteiger partial charge in [-0.05, 0) is 43.9 Å². The zero-order valence-corrected chi connectivity index (χ0v) is 15.2.